The van der Waals surface area contributed by atoms with E-state index in [1.165, 1.54) is 42.2 Å². The molecule has 1 amide bonds. The number of likely N-dealkylation sites (tertiary alicyclic amines) is 1. The van der Waals surface area contributed by atoms with E-state index in [2.05, 4.69) is 33.1 Å². The number of fused-ring (bicyclic) bond motifs is 1. The first-order valence-corrected chi connectivity index (χ1v) is 11.8. The zero-order chi connectivity index (χ0) is 19.4. The van der Waals surface area contributed by atoms with Crippen LogP contribution in [0.4, 0.5) is 0 Å². The van der Waals surface area contributed by atoms with Gasteiger partial charge in [0, 0.05) is 19.1 Å². The Morgan fingerprint density at radius 2 is 1.85 bits per heavy atom. The minimum Gasteiger partial charge on any atom is -0.348 e. The van der Waals surface area contributed by atoms with Crippen molar-refractivity contribution in [2.24, 2.45) is 0 Å². The van der Waals surface area contributed by atoms with E-state index in [1.807, 2.05) is 6.92 Å². The van der Waals surface area contributed by atoms with E-state index >= 15 is 0 Å². The van der Waals surface area contributed by atoms with Crippen molar-refractivity contribution in [2.75, 3.05) is 25.9 Å². The van der Waals surface area contributed by atoms with Crippen molar-refractivity contribution >= 4 is 15.9 Å². The van der Waals surface area contributed by atoms with Gasteiger partial charge in [-0.25, -0.2) is 13.1 Å². The Morgan fingerprint density at radius 1 is 1.19 bits per heavy atom. The normalized spacial score (nSPS) is 20.1. The summed E-state index contributed by atoms with van der Waals surface area (Å²) in [4.78, 5) is 14.5. The molecule has 1 unspecified atom stereocenters. The molecule has 1 fully saturated rings. The van der Waals surface area contributed by atoms with Gasteiger partial charge in [-0.15, -0.1) is 0 Å². The van der Waals surface area contributed by atoms with Gasteiger partial charge in [-0.2, -0.15) is 0 Å². The third-order valence-electron chi connectivity index (χ3n) is 5.59. The number of nitrogens with one attached hydrogen (secondary N) is 2. The quantitative estimate of drug-likeness (QED) is 0.772. The highest BCUT2D eigenvalue weighted by molar-refractivity contribution is 7.88. The van der Waals surface area contributed by atoms with Crippen molar-refractivity contribution in [1.82, 2.24) is 14.9 Å². The first kappa shape index (κ1) is 20.3. The monoisotopic (exact) mass is 393 g/mol. The highest BCUT2D eigenvalue weighted by Crippen LogP contribution is 2.24. The molecule has 150 valence electrons. The summed E-state index contributed by atoms with van der Waals surface area (Å²) in [5.41, 5.74) is 4.05. The molecule has 7 heteroatoms. The fourth-order valence-electron chi connectivity index (χ4n) is 4.11. The van der Waals surface area contributed by atoms with Gasteiger partial charge in [-0.3, -0.25) is 9.69 Å². The number of piperidine rings is 1. The molecule has 1 aromatic carbocycles. The lowest BCUT2D eigenvalue weighted by Gasteiger charge is -2.31. The molecule has 0 saturated carbocycles. The summed E-state index contributed by atoms with van der Waals surface area (Å²) in [7, 11) is -3.17. The molecule has 6 nitrogen and oxygen atoms in total. The molecule has 1 aliphatic carbocycles. The van der Waals surface area contributed by atoms with Gasteiger partial charge in [0.1, 0.15) is 0 Å². The van der Waals surface area contributed by atoms with Crippen LogP contribution in [0.15, 0.2) is 18.2 Å². The molecule has 1 aliphatic heterocycles. The maximum Gasteiger partial charge on any atom is 0.234 e. The SMILES string of the molecule is CC(NC(=O)CN1CCC(NS(C)(=O)=O)CC1)c1ccc2c(c1)CCCC2. The van der Waals surface area contributed by atoms with Crippen LogP contribution in [0.25, 0.3) is 0 Å². The number of carbonyl (C=O) groups is 1. The van der Waals surface area contributed by atoms with Gasteiger partial charge in [0.2, 0.25) is 15.9 Å². The van der Waals surface area contributed by atoms with Crippen LogP contribution in [0.5, 0.6) is 0 Å². The van der Waals surface area contributed by atoms with Gasteiger partial charge in [0.15, 0.2) is 0 Å². The molecular formula is C20H31N3O3S. The maximum atomic E-state index is 12.4. The topological polar surface area (TPSA) is 78.5 Å². The van der Waals surface area contributed by atoms with Crippen LogP contribution >= 0.6 is 0 Å². The molecule has 1 saturated heterocycles. The number of nitrogens with zero attached hydrogens (tertiary/aromatic N) is 1. The van der Waals surface area contributed by atoms with E-state index in [9.17, 15) is 13.2 Å². The molecule has 1 heterocycles. The minimum absolute atomic E-state index is 0.00540. The summed E-state index contributed by atoms with van der Waals surface area (Å²) in [6.07, 6.45) is 7.49. The molecule has 3 rings (SSSR count). The molecule has 2 aliphatic rings. The van der Waals surface area contributed by atoms with E-state index in [0.29, 0.717) is 6.54 Å². The highest BCUT2D eigenvalue weighted by Gasteiger charge is 2.23. The summed E-state index contributed by atoms with van der Waals surface area (Å²) in [6, 6.07) is 6.58. The summed E-state index contributed by atoms with van der Waals surface area (Å²) in [5.74, 6) is 0.0229. The van der Waals surface area contributed by atoms with Gasteiger partial charge in [-0.1, -0.05) is 18.2 Å². The highest BCUT2D eigenvalue weighted by atomic mass is 32.2. The number of benzene rings is 1. The predicted molar refractivity (Wildman–Crippen MR) is 107 cm³/mol. The lowest BCUT2D eigenvalue weighted by atomic mass is 9.89. The second-order valence-corrected chi connectivity index (χ2v) is 9.74. The third-order valence-corrected chi connectivity index (χ3v) is 6.35. The van der Waals surface area contributed by atoms with E-state index in [0.717, 1.165) is 32.4 Å². The summed E-state index contributed by atoms with van der Waals surface area (Å²) >= 11 is 0. The molecule has 1 atom stereocenters. The number of hydrogen-bond donors (Lipinski definition) is 2. The van der Waals surface area contributed by atoms with E-state index < -0.39 is 10.0 Å². The van der Waals surface area contributed by atoms with Crippen molar-refractivity contribution < 1.29 is 13.2 Å². The molecule has 0 radical (unpaired) electrons. The average molecular weight is 394 g/mol. The Balaban J connectivity index is 1.47. The Bertz CT molecular complexity index is 771. The Hall–Kier alpha value is -1.44. The van der Waals surface area contributed by atoms with Gasteiger partial charge in [0.25, 0.3) is 0 Å². The molecule has 1 aromatic rings. The van der Waals surface area contributed by atoms with E-state index in [-0.39, 0.29) is 18.0 Å². The van der Waals surface area contributed by atoms with Crippen molar-refractivity contribution in [3.8, 4) is 0 Å². The fourth-order valence-corrected chi connectivity index (χ4v) is 4.95. The lowest BCUT2D eigenvalue weighted by molar-refractivity contribution is -0.123. The molecular weight excluding hydrogens is 362 g/mol. The average Bonchev–Trinajstić information content (AvgIpc) is 2.61. The molecule has 0 bridgehead atoms. The minimum atomic E-state index is -3.17. The zero-order valence-corrected chi connectivity index (χ0v) is 17.1. The number of hydrogen-bond acceptors (Lipinski definition) is 4. The fraction of sp³-hybridized carbons (Fsp3) is 0.650. The largest absolute Gasteiger partial charge is 0.348 e. The number of aryl methyl sites for hydroxylation is 2. The van der Waals surface area contributed by atoms with Gasteiger partial charge in [-0.05, 0) is 62.1 Å². The number of sulfonamides is 1. The van der Waals surface area contributed by atoms with Crippen molar-refractivity contribution in [1.29, 1.82) is 0 Å². The van der Waals surface area contributed by atoms with Gasteiger partial charge in [0.05, 0.1) is 18.8 Å². The third kappa shape index (κ3) is 6.02. The first-order valence-electron chi connectivity index (χ1n) is 9.91. The lowest BCUT2D eigenvalue weighted by Crippen LogP contribution is -2.47. The molecule has 2 N–H and O–H groups in total. The molecule has 0 spiro atoms. The maximum absolute atomic E-state index is 12.4. The van der Waals surface area contributed by atoms with Crippen molar-refractivity contribution in [3.63, 3.8) is 0 Å². The number of rotatable bonds is 6. The summed E-state index contributed by atoms with van der Waals surface area (Å²) in [5, 5.41) is 3.11. The Morgan fingerprint density at radius 3 is 2.52 bits per heavy atom. The van der Waals surface area contributed by atoms with Gasteiger partial charge < -0.3 is 5.32 Å². The number of carbonyl (C=O) groups excluding carboxylic acids is 1. The Labute approximate surface area is 162 Å². The zero-order valence-electron chi connectivity index (χ0n) is 16.3. The van der Waals surface area contributed by atoms with E-state index in [4.69, 9.17) is 0 Å². The predicted octanol–water partition coefficient (Wildman–Crippen LogP) is 1.76. The van der Waals surface area contributed by atoms with Crippen LogP contribution < -0.4 is 10.0 Å². The van der Waals surface area contributed by atoms with Crippen molar-refractivity contribution in [3.05, 3.63) is 34.9 Å². The van der Waals surface area contributed by atoms with Crippen LogP contribution in [0.2, 0.25) is 0 Å². The van der Waals surface area contributed by atoms with Crippen LogP contribution in [-0.2, 0) is 27.7 Å². The second kappa shape index (κ2) is 8.71. The summed E-state index contributed by atoms with van der Waals surface area (Å²) in [6.45, 7) is 3.85. The number of amides is 1. The second-order valence-electron chi connectivity index (χ2n) is 7.96. The van der Waals surface area contributed by atoms with E-state index in [1.54, 1.807) is 0 Å². The van der Waals surface area contributed by atoms with Crippen LogP contribution in [-0.4, -0.2) is 51.2 Å². The summed E-state index contributed by atoms with van der Waals surface area (Å²) < 4.78 is 25.3. The first-order chi connectivity index (χ1) is 12.8. The van der Waals surface area contributed by atoms with Crippen LogP contribution in [0, 0.1) is 0 Å². The molecule has 27 heavy (non-hydrogen) atoms. The molecule has 0 aromatic heterocycles. The van der Waals surface area contributed by atoms with Crippen LogP contribution in [0.3, 0.4) is 0 Å². The standard InChI is InChI=1S/C20H31N3O3S/c1-15(17-8-7-16-5-3-4-6-18(16)13-17)21-20(24)14-23-11-9-19(10-12-23)22-27(2,25)26/h7-8,13,15,19,22H,3-6,9-12,14H2,1-2H3,(H,21,24). The Kier molecular flexibility index (Phi) is 6.55. The smallest absolute Gasteiger partial charge is 0.234 e. The van der Waals surface area contributed by atoms with Gasteiger partial charge >= 0.3 is 0 Å². The van der Waals surface area contributed by atoms with Crippen LogP contribution in [0.1, 0.15) is 55.3 Å². The van der Waals surface area contributed by atoms with Crippen molar-refractivity contribution in [2.45, 2.75) is 57.5 Å².